The molecule has 1 aliphatic rings. The zero-order valence-corrected chi connectivity index (χ0v) is 14.2. The highest BCUT2D eigenvalue weighted by atomic mass is 79.9. The molecule has 23 heavy (non-hydrogen) atoms. The Labute approximate surface area is 143 Å². The quantitative estimate of drug-likeness (QED) is 0.689. The number of hydrogen-bond acceptors (Lipinski definition) is 1. The first-order chi connectivity index (χ1) is 11.1. The first kappa shape index (κ1) is 15.9. The average Bonchev–Trinajstić information content (AvgIpc) is 3.38. The van der Waals surface area contributed by atoms with Gasteiger partial charge in [0.1, 0.15) is 5.82 Å². The molecule has 1 amide bonds. The molecular weight excluding hydrogens is 357 g/mol. The van der Waals surface area contributed by atoms with E-state index in [-0.39, 0.29) is 11.7 Å². The monoisotopic (exact) mass is 373 g/mol. The normalized spacial score (nSPS) is 14.2. The summed E-state index contributed by atoms with van der Waals surface area (Å²) in [5.41, 5.74) is 1.93. The molecule has 0 radical (unpaired) electrons. The SMILES string of the molecule is O=C(/C=C/c1ccc(Br)cc1)N(Cc1ccc(F)cc1)C1CC1. The van der Waals surface area contributed by atoms with Crippen molar-refractivity contribution in [2.75, 3.05) is 0 Å². The highest BCUT2D eigenvalue weighted by Gasteiger charge is 2.31. The van der Waals surface area contributed by atoms with Crippen LogP contribution in [0.3, 0.4) is 0 Å². The summed E-state index contributed by atoms with van der Waals surface area (Å²) in [5.74, 6) is -0.257. The van der Waals surface area contributed by atoms with Crippen molar-refractivity contribution < 1.29 is 9.18 Å². The second kappa shape index (κ2) is 7.09. The van der Waals surface area contributed by atoms with Gasteiger partial charge in [0.15, 0.2) is 0 Å². The van der Waals surface area contributed by atoms with E-state index in [0.29, 0.717) is 12.6 Å². The molecule has 0 bridgehead atoms. The van der Waals surface area contributed by atoms with Crippen LogP contribution in [0, 0.1) is 5.82 Å². The highest BCUT2D eigenvalue weighted by molar-refractivity contribution is 9.10. The molecule has 0 heterocycles. The van der Waals surface area contributed by atoms with Crippen LogP contribution in [0.4, 0.5) is 4.39 Å². The molecule has 1 fully saturated rings. The second-order valence-electron chi connectivity index (χ2n) is 5.71. The first-order valence-corrected chi connectivity index (χ1v) is 8.40. The standard InChI is InChI=1S/C19H17BrFNO/c20-16-6-1-14(2-7-16)5-12-19(23)22(18-10-11-18)13-15-3-8-17(21)9-4-15/h1-9,12,18H,10-11,13H2/b12-5+. The Kier molecular flexibility index (Phi) is 4.91. The Morgan fingerprint density at radius 3 is 2.39 bits per heavy atom. The summed E-state index contributed by atoms with van der Waals surface area (Å²) in [6, 6.07) is 14.4. The summed E-state index contributed by atoms with van der Waals surface area (Å²) < 4.78 is 14.0. The third kappa shape index (κ3) is 4.52. The maximum Gasteiger partial charge on any atom is 0.247 e. The Morgan fingerprint density at radius 1 is 1.13 bits per heavy atom. The van der Waals surface area contributed by atoms with Crippen LogP contribution < -0.4 is 0 Å². The lowest BCUT2D eigenvalue weighted by Gasteiger charge is -2.21. The molecule has 0 unspecified atom stereocenters. The molecule has 2 aromatic rings. The number of nitrogens with zero attached hydrogens (tertiary/aromatic N) is 1. The fraction of sp³-hybridized carbons (Fsp3) is 0.211. The van der Waals surface area contributed by atoms with Crippen LogP contribution in [-0.4, -0.2) is 16.8 Å². The number of carbonyl (C=O) groups excluding carboxylic acids is 1. The fourth-order valence-electron chi connectivity index (χ4n) is 2.40. The average molecular weight is 374 g/mol. The highest BCUT2D eigenvalue weighted by Crippen LogP contribution is 2.28. The van der Waals surface area contributed by atoms with Crippen molar-refractivity contribution in [2.45, 2.75) is 25.4 Å². The minimum Gasteiger partial charge on any atom is -0.332 e. The lowest BCUT2D eigenvalue weighted by Crippen LogP contribution is -2.31. The van der Waals surface area contributed by atoms with E-state index in [9.17, 15) is 9.18 Å². The summed E-state index contributed by atoms with van der Waals surface area (Å²) in [4.78, 5) is 14.4. The molecule has 0 aromatic heterocycles. The van der Waals surface area contributed by atoms with Crippen LogP contribution in [0.5, 0.6) is 0 Å². The van der Waals surface area contributed by atoms with E-state index >= 15 is 0 Å². The van der Waals surface area contributed by atoms with E-state index in [0.717, 1.165) is 28.4 Å². The molecule has 2 nitrogen and oxygen atoms in total. The summed E-state index contributed by atoms with van der Waals surface area (Å²) in [7, 11) is 0. The van der Waals surface area contributed by atoms with Crippen LogP contribution in [0.2, 0.25) is 0 Å². The maximum atomic E-state index is 13.0. The molecule has 0 spiro atoms. The van der Waals surface area contributed by atoms with Crippen molar-refractivity contribution in [1.82, 2.24) is 4.90 Å². The third-order valence-electron chi connectivity index (χ3n) is 3.83. The molecule has 0 aliphatic heterocycles. The molecule has 2 aromatic carbocycles. The Balaban J connectivity index is 1.69. The number of carbonyl (C=O) groups is 1. The van der Waals surface area contributed by atoms with Gasteiger partial charge in [0.25, 0.3) is 0 Å². The minimum atomic E-state index is -0.256. The lowest BCUT2D eigenvalue weighted by molar-refractivity contribution is -0.127. The van der Waals surface area contributed by atoms with Crippen molar-refractivity contribution in [3.63, 3.8) is 0 Å². The predicted octanol–water partition coefficient (Wildman–Crippen LogP) is 4.79. The Morgan fingerprint density at radius 2 is 1.78 bits per heavy atom. The lowest BCUT2D eigenvalue weighted by atomic mass is 10.2. The zero-order valence-electron chi connectivity index (χ0n) is 12.6. The molecule has 0 N–H and O–H groups in total. The molecule has 1 aliphatic carbocycles. The van der Waals surface area contributed by atoms with Gasteiger partial charge in [-0.1, -0.05) is 40.2 Å². The minimum absolute atomic E-state index is 0.000237. The zero-order chi connectivity index (χ0) is 16.2. The van der Waals surface area contributed by atoms with E-state index in [1.165, 1.54) is 12.1 Å². The van der Waals surface area contributed by atoms with E-state index in [4.69, 9.17) is 0 Å². The maximum absolute atomic E-state index is 13.0. The van der Waals surface area contributed by atoms with E-state index < -0.39 is 0 Å². The van der Waals surface area contributed by atoms with Gasteiger partial charge >= 0.3 is 0 Å². The molecule has 4 heteroatoms. The molecule has 3 rings (SSSR count). The predicted molar refractivity (Wildman–Crippen MR) is 93.1 cm³/mol. The second-order valence-corrected chi connectivity index (χ2v) is 6.62. The molecular formula is C19H17BrFNO. The molecule has 0 atom stereocenters. The van der Waals surface area contributed by atoms with Gasteiger partial charge in [-0.05, 0) is 54.3 Å². The van der Waals surface area contributed by atoms with Crippen LogP contribution >= 0.6 is 15.9 Å². The summed E-state index contributed by atoms with van der Waals surface area (Å²) >= 11 is 3.39. The van der Waals surface area contributed by atoms with Gasteiger partial charge in [-0.2, -0.15) is 0 Å². The van der Waals surface area contributed by atoms with E-state index in [2.05, 4.69) is 15.9 Å². The van der Waals surface area contributed by atoms with Crippen LogP contribution in [0.15, 0.2) is 59.1 Å². The van der Waals surface area contributed by atoms with Crippen LogP contribution in [0.25, 0.3) is 6.08 Å². The van der Waals surface area contributed by atoms with Gasteiger partial charge in [-0.25, -0.2) is 4.39 Å². The van der Waals surface area contributed by atoms with Gasteiger partial charge < -0.3 is 4.90 Å². The number of hydrogen-bond donors (Lipinski definition) is 0. The molecule has 118 valence electrons. The van der Waals surface area contributed by atoms with Crippen molar-refractivity contribution in [1.29, 1.82) is 0 Å². The number of amides is 1. The number of benzene rings is 2. The van der Waals surface area contributed by atoms with Crippen molar-refractivity contribution in [2.24, 2.45) is 0 Å². The molecule has 0 saturated heterocycles. The summed E-state index contributed by atoms with van der Waals surface area (Å²) in [6.07, 6.45) is 5.53. The smallest absolute Gasteiger partial charge is 0.247 e. The van der Waals surface area contributed by atoms with Crippen molar-refractivity contribution >= 4 is 27.9 Å². The topological polar surface area (TPSA) is 20.3 Å². The summed E-state index contributed by atoms with van der Waals surface area (Å²) in [5, 5.41) is 0. The van der Waals surface area contributed by atoms with Gasteiger partial charge in [0.05, 0.1) is 0 Å². The van der Waals surface area contributed by atoms with E-state index in [1.807, 2.05) is 35.2 Å². The van der Waals surface area contributed by atoms with Gasteiger partial charge in [0.2, 0.25) is 5.91 Å². The van der Waals surface area contributed by atoms with Gasteiger partial charge in [-0.3, -0.25) is 4.79 Å². The fourth-order valence-corrected chi connectivity index (χ4v) is 2.66. The van der Waals surface area contributed by atoms with Gasteiger partial charge in [0, 0.05) is 23.1 Å². The Hall–Kier alpha value is -1.94. The number of halogens is 2. The third-order valence-corrected chi connectivity index (χ3v) is 4.35. The van der Waals surface area contributed by atoms with Crippen LogP contribution in [-0.2, 0) is 11.3 Å². The van der Waals surface area contributed by atoms with Crippen LogP contribution in [0.1, 0.15) is 24.0 Å². The summed E-state index contributed by atoms with van der Waals surface area (Å²) in [6.45, 7) is 0.522. The largest absolute Gasteiger partial charge is 0.332 e. The number of rotatable bonds is 5. The first-order valence-electron chi connectivity index (χ1n) is 7.60. The van der Waals surface area contributed by atoms with Crippen molar-refractivity contribution in [3.8, 4) is 0 Å². The Bertz CT molecular complexity index is 705. The van der Waals surface area contributed by atoms with Crippen molar-refractivity contribution in [3.05, 3.63) is 76.0 Å². The van der Waals surface area contributed by atoms with E-state index in [1.54, 1.807) is 18.2 Å². The molecule has 1 saturated carbocycles. The van der Waals surface area contributed by atoms with Gasteiger partial charge in [-0.15, -0.1) is 0 Å².